The molecular weight excluding hydrogens is 218 g/mol. The van der Waals surface area contributed by atoms with Crippen LogP contribution in [0.1, 0.15) is 24.0 Å². The maximum absolute atomic E-state index is 11.1. The summed E-state index contributed by atoms with van der Waals surface area (Å²) in [5.74, 6) is -0.226. The average molecular weight is 235 g/mol. The van der Waals surface area contributed by atoms with E-state index in [1.165, 1.54) is 0 Å². The van der Waals surface area contributed by atoms with Gasteiger partial charge in [0, 0.05) is 11.0 Å². The van der Waals surface area contributed by atoms with Crippen LogP contribution >= 0.6 is 0 Å². The van der Waals surface area contributed by atoms with Crippen LogP contribution in [0.25, 0.3) is 0 Å². The fraction of sp³-hybridized carbons (Fsp3) is 0.462. The SMILES string of the molecule is COc1ccc(C)cc1C1(C(N)C(=O)O)CC1. The Morgan fingerprint density at radius 1 is 1.53 bits per heavy atom. The Labute approximate surface area is 100 Å². The van der Waals surface area contributed by atoms with E-state index in [1.54, 1.807) is 7.11 Å². The first-order valence-corrected chi connectivity index (χ1v) is 5.65. The van der Waals surface area contributed by atoms with Crippen molar-refractivity contribution < 1.29 is 14.6 Å². The molecular formula is C13H17NO3. The molecule has 1 unspecified atom stereocenters. The zero-order valence-corrected chi connectivity index (χ0v) is 10.1. The summed E-state index contributed by atoms with van der Waals surface area (Å²) >= 11 is 0. The van der Waals surface area contributed by atoms with Crippen LogP contribution in [0.2, 0.25) is 0 Å². The summed E-state index contributed by atoms with van der Waals surface area (Å²) < 4.78 is 5.31. The van der Waals surface area contributed by atoms with Gasteiger partial charge in [-0.1, -0.05) is 17.7 Å². The molecule has 0 amide bonds. The van der Waals surface area contributed by atoms with E-state index in [4.69, 9.17) is 15.6 Å². The van der Waals surface area contributed by atoms with Crippen molar-refractivity contribution in [1.29, 1.82) is 0 Å². The van der Waals surface area contributed by atoms with Crippen LogP contribution in [0.5, 0.6) is 5.75 Å². The lowest BCUT2D eigenvalue weighted by Gasteiger charge is -2.22. The van der Waals surface area contributed by atoms with Gasteiger partial charge < -0.3 is 15.6 Å². The van der Waals surface area contributed by atoms with Crippen LogP contribution < -0.4 is 10.5 Å². The molecule has 1 atom stereocenters. The normalized spacial score (nSPS) is 18.5. The molecule has 1 aliphatic carbocycles. The second-order valence-corrected chi connectivity index (χ2v) is 4.68. The predicted molar refractivity (Wildman–Crippen MR) is 64.3 cm³/mol. The molecule has 0 aromatic heterocycles. The highest BCUT2D eigenvalue weighted by molar-refractivity contribution is 5.77. The van der Waals surface area contributed by atoms with E-state index in [2.05, 4.69) is 0 Å². The Hall–Kier alpha value is -1.55. The molecule has 0 heterocycles. The minimum Gasteiger partial charge on any atom is -0.496 e. The zero-order valence-electron chi connectivity index (χ0n) is 10.1. The quantitative estimate of drug-likeness (QED) is 0.828. The number of ether oxygens (including phenoxy) is 1. The third-order valence-electron chi connectivity index (χ3n) is 3.54. The molecule has 1 aliphatic rings. The van der Waals surface area contributed by atoms with Crippen molar-refractivity contribution in [1.82, 2.24) is 0 Å². The number of aliphatic carboxylic acids is 1. The summed E-state index contributed by atoms with van der Waals surface area (Å²) in [6, 6.07) is 4.94. The average Bonchev–Trinajstić information content (AvgIpc) is 3.09. The highest BCUT2D eigenvalue weighted by atomic mass is 16.5. The molecule has 0 radical (unpaired) electrons. The Kier molecular flexibility index (Phi) is 2.83. The Bertz CT molecular complexity index is 452. The third-order valence-corrected chi connectivity index (χ3v) is 3.54. The van der Waals surface area contributed by atoms with Crippen LogP contribution in [0.4, 0.5) is 0 Å². The lowest BCUT2D eigenvalue weighted by Crippen LogP contribution is -2.42. The van der Waals surface area contributed by atoms with E-state index in [0.29, 0.717) is 0 Å². The van der Waals surface area contributed by atoms with Crippen molar-refractivity contribution in [2.75, 3.05) is 7.11 Å². The van der Waals surface area contributed by atoms with Crippen LogP contribution in [-0.4, -0.2) is 24.2 Å². The number of hydrogen-bond acceptors (Lipinski definition) is 3. The van der Waals surface area contributed by atoms with Gasteiger partial charge in [0.05, 0.1) is 7.11 Å². The van der Waals surface area contributed by atoms with Gasteiger partial charge in [-0.2, -0.15) is 0 Å². The van der Waals surface area contributed by atoms with E-state index >= 15 is 0 Å². The topological polar surface area (TPSA) is 72.5 Å². The van der Waals surface area contributed by atoms with Gasteiger partial charge in [-0.15, -0.1) is 0 Å². The minimum atomic E-state index is -0.953. The molecule has 1 saturated carbocycles. The minimum absolute atomic E-state index is 0.441. The molecule has 4 heteroatoms. The number of hydrogen-bond donors (Lipinski definition) is 2. The van der Waals surface area contributed by atoms with Crippen molar-refractivity contribution in [3.8, 4) is 5.75 Å². The summed E-state index contributed by atoms with van der Waals surface area (Å²) in [5.41, 5.74) is 7.38. The molecule has 3 N–H and O–H groups in total. The maximum Gasteiger partial charge on any atom is 0.321 e. The van der Waals surface area contributed by atoms with Crippen molar-refractivity contribution in [3.63, 3.8) is 0 Å². The largest absolute Gasteiger partial charge is 0.496 e. The van der Waals surface area contributed by atoms with E-state index in [-0.39, 0.29) is 0 Å². The van der Waals surface area contributed by atoms with Gasteiger partial charge in [-0.3, -0.25) is 4.79 Å². The first-order valence-electron chi connectivity index (χ1n) is 5.65. The number of benzene rings is 1. The second-order valence-electron chi connectivity index (χ2n) is 4.68. The predicted octanol–water partition coefficient (Wildman–Crippen LogP) is 1.45. The van der Waals surface area contributed by atoms with Gasteiger partial charge in [-0.25, -0.2) is 0 Å². The summed E-state index contributed by atoms with van der Waals surface area (Å²) in [5, 5.41) is 9.09. The maximum atomic E-state index is 11.1. The zero-order chi connectivity index (χ0) is 12.6. The third kappa shape index (κ3) is 1.89. The monoisotopic (exact) mass is 235 g/mol. The summed E-state index contributed by atoms with van der Waals surface area (Å²) in [6.07, 6.45) is 1.61. The van der Waals surface area contributed by atoms with Crippen LogP contribution in [0.15, 0.2) is 18.2 Å². The van der Waals surface area contributed by atoms with Crippen molar-refractivity contribution in [2.45, 2.75) is 31.2 Å². The lowest BCUT2D eigenvalue weighted by atomic mass is 9.87. The van der Waals surface area contributed by atoms with Crippen molar-refractivity contribution in [2.24, 2.45) is 5.73 Å². The fourth-order valence-corrected chi connectivity index (χ4v) is 2.33. The van der Waals surface area contributed by atoms with E-state index in [1.807, 2.05) is 25.1 Å². The van der Waals surface area contributed by atoms with E-state index in [0.717, 1.165) is 29.7 Å². The van der Waals surface area contributed by atoms with Crippen LogP contribution in [-0.2, 0) is 10.2 Å². The van der Waals surface area contributed by atoms with Gasteiger partial charge in [0.25, 0.3) is 0 Å². The number of carboxylic acids is 1. The lowest BCUT2D eigenvalue weighted by molar-refractivity contribution is -0.139. The van der Waals surface area contributed by atoms with Crippen LogP contribution in [0.3, 0.4) is 0 Å². The molecule has 0 aliphatic heterocycles. The molecule has 0 bridgehead atoms. The second kappa shape index (κ2) is 4.04. The molecule has 1 aromatic rings. The number of methoxy groups -OCH3 is 1. The molecule has 4 nitrogen and oxygen atoms in total. The Balaban J connectivity index is 2.46. The van der Waals surface area contributed by atoms with Gasteiger partial charge in [0.1, 0.15) is 11.8 Å². The molecule has 17 heavy (non-hydrogen) atoms. The fourth-order valence-electron chi connectivity index (χ4n) is 2.33. The van der Waals surface area contributed by atoms with Gasteiger partial charge in [-0.05, 0) is 25.8 Å². The van der Waals surface area contributed by atoms with Crippen LogP contribution in [0, 0.1) is 6.92 Å². The number of carboxylic acid groups (broad SMARTS) is 1. The number of carbonyl (C=O) groups is 1. The molecule has 0 saturated heterocycles. The van der Waals surface area contributed by atoms with E-state index in [9.17, 15) is 4.79 Å². The first kappa shape index (κ1) is 11.9. The summed E-state index contributed by atoms with van der Waals surface area (Å²) in [7, 11) is 1.59. The van der Waals surface area contributed by atoms with Gasteiger partial charge in [0.2, 0.25) is 0 Å². The Morgan fingerprint density at radius 3 is 2.65 bits per heavy atom. The highest BCUT2D eigenvalue weighted by Gasteiger charge is 2.53. The molecule has 0 spiro atoms. The molecule has 2 rings (SSSR count). The summed E-state index contributed by atoms with van der Waals surface area (Å²) in [6.45, 7) is 1.98. The van der Waals surface area contributed by atoms with Crippen molar-refractivity contribution in [3.05, 3.63) is 29.3 Å². The Morgan fingerprint density at radius 2 is 2.18 bits per heavy atom. The number of rotatable bonds is 4. The smallest absolute Gasteiger partial charge is 0.321 e. The summed E-state index contributed by atoms with van der Waals surface area (Å²) in [4.78, 5) is 11.1. The van der Waals surface area contributed by atoms with Gasteiger partial charge in [0.15, 0.2) is 0 Å². The standard InChI is InChI=1S/C13H17NO3/c1-8-3-4-10(17-2)9(7-8)13(5-6-13)11(14)12(15)16/h3-4,7,11H,5-6,14H2,1-2H3,(H,15,16). The molecule has 1 aromatic carbocycles. The molecule has 1 fully saturated rings. The number of aryl methyl sites for hydroxylation is 1. The first-order chi connectivity index (χ1) is 8.01. The van der Waals surface area contributed by atoms with E-state index < -0.39 is 17.4 Å². The number of nitrogens with two attached hydrogens (primary N) is 1. The highest BCUT2D eigenvalue weighted by Crippen LogP contribution is 2.53. The van der Waals surface area contributed by atoms with Crippen molar-refractivity contribution >= 4 is 5.97 Å². The molecule has 92 valence electrons. The van der Waals surface area contributed by atoms with Gasteiger partial charge >= 0.3 is 5.97 Å².